The first-order chi connectivity index (χ1) is 19.3. The van der Waals surface area contributed by atoms with Crippen LogP contribution in [0, 0.1) is 12.8 Å². The maximum Gasteiger partial charge on any atom is 0.401 e. The number of nitrogens with zero attached hydrogens (tertiary/aromatic N) is 5. The summed E-state index contributed by atoms with van der Waals surface area (Å²) in [6.45, 7) is 5.93. The number of hydrogen-bond acceptors (Lipinski definition) is 6. The lowest BCUT2D eigenvalue weighted by Crippen LogP contribution is -2.54. The molecule has 2 aromatic rings. The van der Waals surface area contributed by atoms with Gasteiger partial charge in [0.25, 0.3) is 11.5 Å². The van der Waals surface area contributed by atoms with Crippen molar-refractivity contribution in [2.75, 3.05) is 26.2 Å². The predicted molar refractivity (Wildman–Crippen MR) is 146 cm³/mol. The van der Waals surface area contributed by atoms with Crippen LogP contribution in [-0.2, 0) is 11.3 Å². The predicted octanol–water partition coefficient (Wildman–Crippen LogP) is 3.09. The topological polar surface area (TPSA) is 112 Å². The molecule has 13 heteroatoms. The van der Waals surface area contributed by atoms with Crippen LogP contribution >= 0.6 is 0 Å². The van der Waals surface area contributed by atoms with Gasteiger partial charge in [0.05, 0.1) is 12.2 Å². The summed E-state index contributed by atoms with van der Waals surface area (Å²) in [4.78, 5) is 43.0. The Morgan fingerprint density at radius 3 is 2.46 bits per heavy atom. The maximum absolute atomic E-state index is 13.5. The van der Waals surface area contributed by atoms with Crippen molar-refractivity contribution in [3.63, 3.8) is 0 Å². The van der Waals surface area contributed by atoms with Gasteiger partial charge in [0, 0.05) is 49.4 Å². The van der Waals surface area contributed by atoms with E-state index in [9.17, 15) is 32.7 Å². The van der Waals surface area contributed by atoms with Crippen molar-refractivity contribution in [2.45, 2.75) is 83.6 Å². The van der Waals surface area contributed by atoms with E-state index in [1.54, 1.807) is 17.9 Å². The molecule has 0 unspecified atom stereocenters. The first-order valence-electron chi connectivity index (χ1n) is 14.2. The van der Waals surface area contributed by atoms with Gasteiger partial charge in [0.2, 0.25) is 11.8 Å². The van der Waals surface area contributed by atoms with Crippen molar-refractivity contribution in [3.05, 3.63) is 33.3 Å². The number of amides is 2. The molecule has 3 aliphatic rings. The molecule has 10 nitrogen and oxygen atoms in total. The van der Waals surface area contributed by atoms with E-state index in [-0.39, 0.29) is 48.7 Å². The van der Waals surface area contributed by atoms with Crippen LogP contribution in [0.3, 0.4) is 0 Å². The molecule has 1 saturated carbocycles. The molecule has 0 bridgehead atoms. The standard InChI is InChI=1S/C28H37F3N6O4/c1-17(2)15-35-24-20(18(3)33-37(24)26(41)22(25(35)40)23(39)32-19-5-6-19)7-8-21(38)36-12-4-9-27(36)10-13-34(14-11-27)16-28(29,30)31/h7-8,17,19,41H,4-6,9-16H2,1-3H3,(H,32,39). The highest BCUT2D eigenvalue weighted by molar-refractivity contribution is 5.97. The molecule has 4 heterocycles. The number of aryl methyl sites for hydroxylation is 1. The highest BCUT2D eigenvalue weighted by atomic mass is 19.4. The molecule has 2 saturated heterocycles. The van der Waals surface area contributed by atoms with Crippen LogP contribution in [0.4, 0.5) is 13.2 Å². The molecule has 2 amide bonds. The second-order valence-corrected chi connectivity index (χ2v) is 12.0. The van der Waals surface area contributed by atoms with Crippen LogP contribution in [0.15, 0.2) is 10.9 Å². The monoisotopic (exact) mass is 578 g/mol. The van der Waals surface area contributed by atoms with Crippen LogP contribution in [0.1, 0.15) is 74.0 Å². The number of halogens is 3. The molecule has 3 fully saturated rings. The zero-order valence-corrected chi connectivity index (χ0v) is 23.6. The molecule has 41 heavy (non-hydrogen) atoms. The quantitative estimate of drug-likeness (QED) is 0.489. The Hall–Kier alpha value is -3.35. The number of aromatic nitrogens is 3. The summed E-state index contributed by atoms with van der Waals surface area (Å²) < 4.78 is 41.2. The van der Waals surface area contributed by atoms with Gasteiger partial charge in [-0.15, -0.1) is 0 Å². The molecular formula is C28H37F3N6O4. The van der Waals surface area contributed by atoms with Crippen LogP contribution in [-0.4, -0.2) is 84.8 Å². The number of carbonyl (C=O) groups excluding carboxylic acids is 2. The third-order valence-electron chi connectivity index (χ3n) is 8.35. The fourth-order valence-corrected chi connectivity index (χ4v) is 6.21. The van der Waals surface area contributed by atoms with Crippen molar-refractivity contribution in [1.82, 2.24) is 29.3 Å². The molecular weight excluding hydrogens is 541 g/mol. The lowest BCUT2D eigenvalue weighted by Gasteiger charge is -2.44. The van der Waals surface area contributed by atoms with Crippen molar-refractivity contribution in [3.8, 4) is 5.88 Å². The summed E-state index contributed by atoms with van der Waals surface area (Å²) in [7, 11) is 0. The fraction of sp³-hybridized carbons (Fsp3) is 0.643. The Labute approximate surface area is 235 Å². The number of aromatic hydroxyl groups is 1. The summed E-state index contributed by atoms with van der Waals surface area (Å²) in [5.41, 5.74) is -0.267. The average molecular weight is 579 g/mol. The molecule has 0 aromatic carbocycles. The van der Waals surface area contributed by atoms with Crippen molar-refractivity contribution >= 4 is 23.5 Å². The van der Waals surface area contributed by atoms with Gasteiger partial charge in [0.15, 0.2) is 5.56 Å². The Balaban J connectivity index is 1.45. The maximum atomic E-state index is 13.5. The van der Waals surface area contributed by atoms with E-state index in [2.05, 4.69) is 10.4 Å². The number of nitrogens with one attached hydrogen (secondary N) is 1. The van der Waals surface area contributed by atoms with Gasteiger partial charge in [-0.05, 0) is 57.4 Å². The van der Waals surface area contributed by atoms with Gasteiger partial charge >= 0.3 is 6.18 Å². The minimum atomic E-state index is -4.25. The third kappa shape index (κ3) is 5.86. The number of piperidine rings is 1. The second-order valence-electron chi connectivity index (χ2n) is 12.0. The third-order valence-corrected chi connectivity index (χ3v) is 8.35. The summed E-state index contributed by atoms with van der Waals surface area (Å²) in [5, 5.41) is 18.2. The first-order valence-corrected chi connectivity index (χ1v) is 14.2. The van der Waals surface area contributed by atoms with E-state index in [4.69, 9.17) is 0 Å². The number of fused-ring (bicyclic) bond motifs is 1. The molecule has 1 spiro atoms. The Bertz CT molecular complexity index is 1430. The molecule has 1 aliphatic carbocycles. The van der Waals surface area contributed by atoms with E-state index in [1.165, 1.54) is 20.1 Å². The van der Waals surface area contributed by atoms with Crippen molar-refractivity contribution < 1.29 is 27.9 Å². The average Bonchev–Trinajstić information content (AvgIpc) is 3.50. The van der Waals surface area contributed by atoms with E-state index >= 15 is 0 Å². The van der Waals surface area contributed by atoms with Crippen molar-refractivity contribution in [1.29, 1.82) is 0 Å². The minimum absolute atomic E-state index is 0.00910. The zero-order valence-electron chi connectivity index (χ0n) is 23.6. The number of rotatable bonds is 7. The highest BCUT2D eigenvalue weighted by Crippen LogP contribution is 2.39. The summed E-state index contributed by atoms with van der Waals surface area (Å²) >= 11 is 0. The van der Waals surface area contributed by atoms with Crippen LogP contribution < -0.4 is 10.9 Å². The number of alkyl halides is 3. The Morgan fingerprint density at radius 1 is 1.17 bits per heavy atom. The molecule has 0 radical (unpaired) electrons. The second kappa shape index (κ2) is 10.8. The Morgan fingerprint density at radius 2 is 1.85 bits per heavy atom. The zero-order chi connectivity index (χ0) is 29.7. The van der Waals surface area contributed by atoms with Gasteiger partial charge in [-0.2, -0.15) is 22.8 Å². The largest absolute Gasteiger partial charge is 0.492 e. The van der Waals surface area contributed by atoms with Gasteiger partial charge in [0.1, 0.15) is 5.65 Å². The number of hydrogen-bond donors (Lipinski definition) is 2. The van der Waals surface area contributed by atoms with Gasteiger partial charge in [-0.3, -0.25) is 23.9 Å². The van der Waals surface area contributed by atoms with E-state index in [1.807, 2.05) is 13.8 Å². The lowest BCUT2D eigenvalue weighted by atomic mass is 9.85. The number of carbonyl (C=O) groups is 2. The van der Waals surface area contributed by atoms with E-state index in [0.29, 0.717) is 30.6 Å². The van der Waals surface area contributed by atoms with Crippen LogP contribution in [0.2, 0.25) is 0 Å². The molecule has 5 rings (SSSR count). The number of likely N-dealkylation sites (tertiary alicyclic amines) is 2. The van der Waals surface area contributed by atoms with Gasteiger partial charge in [-0.1, -0.05) is 13.8 Å². The molecule has 224 valence electrons. The SMILES string of the molecule is Cc1nn2c(O)c(C(=O)NC3CC3)c(=O)n(CC(C)C)c2c1C=CC(=O)N1CCCC12CCN(CC(F)(F)F)CC2. The minimum Gasteiger partial charge on any atom is -0.492 e. The Kier molecular flexibility index (Phi) is 7.68. The first kappa shape index (κ1) is 29.2. The lowest BCUT2D eigenvalue weighted by molar-refractivity contribution is -0.153. The summed E-state index contributed by atoms with van der Waals surface area (Å²) in [5.74, 6) is -1.42. The van der Waals surface area contributed by atoms with E-state index in [0.717, 1.165) is 25.7 Å². The van der Waals surface area contributed by atoms with Crippen LogP contribution in [0.5, 0.6) is 5.88 Å². The normalized spacial score (nSPS) is 19.7. The summed E-state index contributed by atoms with van der Waals surface area (Å²) in [6.07, 6.45) is 2.86. The summed E-state index contributed by atoms with van der Waals surface area (Å²) in [6, 6.07) is -0.00910. The molecule has 0 atom stereocenters. The molecule has 2 N–H and O–H groups in total. The van der Waals surface area contributed by atoms with Crippen molar-refractivity contribution in [2.24, 2.45) is 5.92 Å². The molecule has 2 aromatic heterocycles. The smallest absolute Gasteiger partial charge is 0.401 e. The van der Waals surface area contributed by atoms with E-state index < -0.39 is 35.6 Å². The van der Waals surface area contributed by atoms with Crippen LogP contribution in [0.25, 0.3) is 11.7 Å². The highest BCUT2D eigenvalue weighted by Gasteiger charge is 2.46. The fourth-order valence-electron chi connectivity index (χ4n) is 6.21. The van der Waals surface area contributed by atoms with Gasteiger partial charge < -0.3 is 15.3 Å². The molecule has 2 aliphatic heterocycles. The van der Waals surface area contributed by atoms with Gasteiger partial charge in [-0.25, -0.2) is 0 Å².